The number of aromatic nitrogens is 2. The molecule has 1 N–H and O–H groups in total. The van der Waals surface area contributed by atoms with Crippen LogP contribution in [0.4, 0.5) is 0 Å². The molecule has 1 unspecified atom stereocenters. The maximum atomic E-state index is 9.44. The van der Waals surface area contributed by atoms with Crippen LogP contribution < -0.4 is 0 Å². The molecule has 0 aromatic carbocycles. The molecule has 15 heavy (non-hydrogen) atoms. The van der Waals surface area contributed by atoms with Gasteiger partial charge in [0.15, 0.2) is 0 Å². The highest BCUT2D eigenvalue weighted by molar-refractivity contribution is 7.12. The Morgan fingerprint density at radius 2 is 2.00 bits per heavy atom. The summed E-state index contributed by atoms with van der Waals surface area (Å²) in [4.78, 5) is 9.51. The third-order valence-corrected chi connectivity index (χ3v) is 3.27. The van der Waals surface area contributed by atoms with E-state index in [1.807, 2.05) is 19.1 Å². The molecule has 78 valence electrons. The lowest BCUT2D eigenvalue weighted by Gasteiger charge is -1.97. The highest BCUT2D eigenvalue weighted by Crippen LogP contribution is 2.29. The van der Waals surface area contributed by atoms with Crippen molar-refractivity contribution in [2.24, 2.45) is 0 Å². The summed E-state index contributed by atoms with van der Waals surface area (Å²) >= 11 is 1.54. The Morgan fingerprint density at radius 1 is 1.33 bits per heavy atom. The van der Waals surface area contributed by atoms with Gasteiger partial charge in [0.25, 0.3) is 0 Å². The summed E-state index contributed by atoms with van der Waals surface area (Å²) in [5.41, 5.74) is 1.99. The summed E-state index contributed by atoms with van der Waals surface area (Å²) < 4.78 is 0. The van der Waals surface area contributed by atoms with Crippen LogP contribution in [-0.4, -0.2) is 15.1 Å². The van der Waals surface area contributed by atoms with Crippen molar-refractivity contribution in [2.45, 2.75) is 20.0 Å². The summed E-state index contributed by atoms with van der Waals surface area (Å²) in [6, 6.07) is 3.85. The molecule has 0 saturated heterocycles. The van der Waals surface area contributed by atoms with Crippen LogP contribution in [0.2, 0.25) is 0 Å². The minimum Gasteiger partial charge on any atom is -0.386 e. The molecule has 2 rings (SSSR count). The van der Waals surface area contributed by atoms with Crippen molar-refractivity contribution in [1.82, 2.24) is 9.97 Å². The normalized spacial score (nSPS) is 12.7. The van der Waals surface area contributed by atoms with Gasteiger partial charge >= 0.3 is 0 Å². The van der Waals surface area contributed by atoms with Gasteiger partial charge in [0.05, 0.1) is 5.69 Å². The maximum absolute atomic E-state index is 9.44. The van der Waals surface area contributed by atoms with E-state index in [1.165, 1.54) is 11.3 Å². The van der Waals surface area contributed by atoms with E-state index in [0.29, 0.717) is 0 Å². The predicted molar refractivity (Wildman–Crippen MR) is 60.7 cm³/mol. The van der Waals surface area contributed by atoms with Crippen LogP contribution in [-0.2, 0) is 0 Å². The molecule has 0 spiro atoms. The van der Waals surface area contributed by atoms with Crippen molar-refractivity contribution >= 4 is 11.3 Å². The van der Waals surface area contributed by atoms with E-state index in [2.05, 4.69) is 9.97 Å². The molecule has 1 atom stereocenters. The Morgan fingerprint density at radius 3 is 2.53 bits per heavy atom. The van der Waals surface area contributed by atoms with Gasteiger partial charge < -0.3 is 5.11 Å². The monoisotopic (exact) mass is 220 g/mol. The summed E-state index contributed by atoms with van der Waals surface area (Å²) in [5, 5.41) is 10.2. The van der Waals surface area contributed by atoms with Gasteiger partial charge in [0, 0.05) is 22.8 Å². The Hall–Kier alpha value is -1.26. The Balaban J connectivity index is 2.45. The second-order valence-corrected chi connectivity index (χ2v) is 4.60. The number of aliphatic hydroxyl groups excluding tert-OH is 1. The first-order valence-corrected chi connectivity index (χ1v) is 5.56. The van der Waals surface area contributed by atoms with Crippen LogP contribution in [0.1, 0.15) is 22.9 Å². The molecule has 0 aliphatic heterocycles. The van der Waals surface area contributed by atoms with E-state index in [4.69, 9.17) is 0 Å². The first-order valence-electron chi connectivity index (χ1n) is 4.74. The number of hydrogen-bond donors (Lipinski definition) is 1. The number of pyridine rings is 1. The predicted octanol–water partition coefficient (Wildman–Crippen LogP) is 2.57. The zero-order valence-corrected chi connectivity index (χ0v) is 9.45. The highest BCUT2D eigenvalue weighted by atomic mass is 32.1. The van der Waals surface area contributed by atoms with E-state index in [1.54, 1.807) is 19.3 Å². The average molecular weight is 220 g/mol. The zero-order valence-electron chi connectivity index (χ0n) is 8.64. The SMILES string of the molecule is Cc1sc(C(C)O)nc1-c1ccncc1. The van der Waals surface area contributed by atoms with Crippen molar-refractivity contribution in [3.8, 4) is 11.3 Å². The largest absolute Gasteiger partial charge is 0.386 e. The number of rotatable bonds is 2. The second kappa shape index (κ2) is 4.08. The van der Waals surface area contributed by atoms with Crippen LogP contribution in [0.3, 0.4) is 0 Å². The Bertz CT molecular complexity index is 451. The third kappa shape index (κ3) is 2.06. The lowest BCUT2D eigenvalue weighted by Crippen LogP contribution is -1.89. The van der Waals surface area contributed by atoms with Crippen LogP contribution in [0, 0.1) is 6.92 Å². The minimum atomic E-state index is -0.496. The number of hydrogen-bond acceptors (Lipinski definition) is 4. The fourth-order valence-electron chi connectivity index (χ4n) is 1.37. The molecule has 4 heteroatoms. The number of aliphatic hydroxyl groups is 1. The number of aryl methyl sites for hydroxylation is 1. The van der Waals surface area contributed by atoms with Crippen molar-refractivity contribution in [1.29, 1.82) is 0 Å². The zero-order chi connectivity index (χ0) is 10.8. The molecule has 0 radical (unpaired) electrons. The van der Waals surface area contributed by atoms with Crippen LogP contribution >= 0.6 is 11.3 Å². The molecule has 0 amide bonds. The quantitative estimate of drug-likeness (QED) is 0.846. The molecule has 0 fully saturated rings. The summed E-state index contributed by atoms with van der Waals surface area (Å²) in [6.45, 7) is 3.74. The molecule has 2 aromatic heterocycles. The van der Waals surface area contributed by atoms with Crippen LogP contribution in [0.25, 0.3) is 11.3 Å². The van der Waals surface area contributed by atoms with Gasteiger partial charge in [-0.25, -0.2) is 4.98 Å². The fraction of sp³-hybridized carbons (Fsp3) is 0.273. The number of thiazole rings is 1. The molecular formula is C11H12N2OS. The summed E-state index contributed by atoms with van der Waals surface area (Å²) in [6.07, 6.45) is 3.00. The number of nitrogens with zero attached hydrogens (tertiary/aromatic N) is 2. The van der Waals surface area contributed by atoms with E-state index in [9.17, 15) is 5.11 Å². The molecular weight excluding hydrogens is 208 g/mol. The average Bonchev–Trinajstić information content (AvgIpc) is 2.62. The smallest absolute Gasteiger partial charge is 0.122 e. The highest BCUT2D eigenvalue weighted by Gasteiger charge is 2.12. The third-order valence-electron chi connectivity index (χ3n) is 2.12. The van der Waals surface area contributed by atoms with Crippen molar-refractivity contribution < 1.29 is 5.11 Å². The van der Waals surface area contributed by atoms with Crippen molar-refractivity contribution in [3.05, 3.63) is 34.4 Å². The maximum Gasteiger partial charge on any atom is 0.122 e. The standard InChI is InChI=1S/C11H12N2OS/c1-7(14)11-13-10(8(2)15-11)9-3-5-12-6-4-9/h3-7,14H,1-2H3. The van der Waals surface area contributed by atoms with E-state index in [0.717, 1.165) is 21.1 Å². The second-order valence-electron chi connectivity index (χ2n) is 3.37. The molecule has 2 heterocycles. The van der Waals surface area contributed by atoms with Crippen LogP contribution in [0.15, 0.2) is 24.5 Å². The summed E-state index contributed by atoms with van der Waals surface area (Å²) in [7, 11) is 0. The van der Waals surface area contributed by atoms with E-state index < -0.39 is 6.10 Å². The lowest BCUT2D eigenvalue weighted by atomic mass is 10.2. The van der Waals surface area contributed by atoms with Crippen LogP contribution in [0.5, 0.6) is 0 Å². The van der Waals surface area contributed by atoms with Gasteiger partial charge in [-0.15, -0.1) is 11.3 Å². The van der Waals surface area contributed by atoms with Gasteiger partial charge in [0.1, 0.15) is 11.1 Å². The van der Waals surface area contributed by atoms with Gasteiger partial charge in [-0.1, -0.05) is 0 Å². The molecule has 0 saturated carbocycles. The van der Waals surface area contributed by atoms with Gasteiger partial charge in [-0.3, -0.25) is 4.98 Å². The Labute approximate surface area is 92.5 Å². The molecule has 0 bridgehead atoms. The molecule has 0 aliphatic carbocycles. The fourth-order valence-corrected chi connectivity index (χ4v) is 2.25. The molecule has 2 aromatic rings. The lowest BCUT2D eigenvalue weighted by molar-refractivity contribution is 0.199. The van der Waals surface area contributed by atoms with Crippen molar-refractivity contribution in [3.63, 3.8) is 0 Å². The van der Waals surface area contributed by atoms with Gasteiger partial charge in [-0.05, 0) is 26.0 Å². The molecule has 0 aliphatic rings. The Kier molecular flexibility index (Phi) is 2.79. The minimum absolute atomic E-state index is 0.496. The van der Waals surface area contributed by atoms with E-state index >= 15 is 0 Å². The van der Waals surface area contributed by atoms with Gasteiger partial charge in [0.2, 0.25) is 0 Å². The van der Waals surface area contributed by atoms with Crippen molar-refractivity contribution in [2.75, 3.05) is 0 Å². The van der Waals surface area contributed by atoms with Gasteiger partial charge in [-0.2, -0.15) is 0 Å². The first-order chi connectivity index (χ1) is 7.18. The summed E-state index contributed by atoms with van der Waals surface area (Å²) in [5.74, 6) is 0. The first kappa shape index (κ1) is 10.3. The topological polar surface area (TPSA) is 46.0 Å². The molecule has 3 nitrogen and oxygen atoms in total. The van der Waals surface area contributed by atoms with E-state index in [-0.39, 0.29) is 0 Å².